The Hall–Kier alpha value is -3.40. The highest BCUT2D eigenvalue weighted by Gasteiger charge is 2.45. The first-order chi connectivity index (χ1) is 14.3. The molecule has 1 aliphatic rings. The van der Waals surface area contributed by atoms with Crippen molar-refractivity contribution in [3.8, 4) is 0 Å². The van der Waals surface area contributed by atoms with Crippen molar-refractivity contribution in [2.24, 2.45) is 0 Å². The number of hydrogen-bond acceptors (Lipinski definition) is 2. The number of aliphatic carboxylic acids is 1. The second-order valence-electron chi connectivity index (χ2n) is 8.29. The molecule has 3 aromatic rings. The molecule has 4 heteroatoms. The van der Waals surface area contributed by atoms with E-state index in [0.717, 1.165) is 33.5 Å². The molecule has 2 atom stereocenters. The number of aryl methyl sites for hydroxylation is 4. The summed E-state index contributed by atoms with van der Waals surface area (Å²) in [5, 5.41) is 10.3. The molecule has 0 bridgehead atoms. The van der Waals surface area contributed by atoms with Gasteiger partial charge in [0.05, 0.1) is 6.04 Å². The van der Waals surface area contributed by atoms with E-state index in [9.17, 15) is 14.7 Å². The molecule has 0 fully saturated rings. The third-order valence-electron chi connectivity index (χ3n) is 5.68. The van der Waals surface area contributed by atoms with Crippen molar-refractivity contribution in [3.63, 3.8) is 0 Å². The van der Waals surface area contributed by atoms with Crippen molar-refractivity contribution in [3.05, 3.63) is 99.6 Å². The second-order valence-corrected chi connectivity index (χ2v) is 8.29. The molecule has 0 radical (unpaired) electrons. The monoisotopic (exact) mass is 399 g/mol. The van der Waals surface area contributed by atoms with Gasteiger partial charge in [0.1, 0.15) is 5.92 Å². The lowest BCUT2D eigenvalue weighted by atomic mass is 9.79. The average Bonchev–Trinajstić information content (AvgIpc) is 2.66. The van der Waals surface area contributed by atoms with E-state index in [-0.39, 0.29) is 5.91 Å². The highest BCUT2D eigenvalue weighted by molar-refractivity contribution is 6.11. The molecular weight excluding hydrogens is 374 g/mol. The second kappa shape index (κ2) is 7.45. The minimum absolute atomic E-state index is 0.169. The minimum atomic E-state index is -0.937. The first kappa shape index (κ1) is 19.9. The summed E-state index contributed by atoms with van der Waals surface area (Å²) in [5.41, 5.74) is 6.72. The highest BCUT2D eigenvalue weighted by Crippen LogP contribution is 2.45. The van der Waals surface area contributed by atoms with Crippen molar-refractivity contribution in [2.75, 3.05) is 4.90 Å². The highest BCUT2D eigenvalue weighted by atomic mass is 16.4. The van der Waals surface area contributed by atoms with Gasteiger partial charge in [-0.05, 0) is 68.1 Å². The number of hydrogen-bond donors (Lipinski definition) is 1. The Labute approximate surface area is 176 Å². The van der Waals surface area contributed by atoms with E-state index in [0.29, 0.717) is 11.1 Å². The van der Waals surface area contributed by atoms with Crippen LogP contribution in [0.4, 0.5) is 5.69 Å². The fourth-order valence-corrected chi connectivity index (χ4v) is 4.70. The van der Waals surface area contributed by atoms with Crippen molar-refractivity contribution < 1.29 is 14.7 Å². The quantitative estimate of drug-likeness (QED) is 0.633. The maximum atomic E-state index is 13.7. The number of amides is 1. The summed E-state index contributed by atoms with van der Waals surface area (Å²) in [7, 11) is 0. The number of anilines is 1. The summed E-state index contributed by atoms with van der Waals surface area (Å²) in [6, 6.07) is 18.4. The number of rotatable bonds is 3. The summed E-state index contributed by atoms with van der Waals surface area (Å²) in [6.45, 7) is 7.96. The number of carbonyl (C=O) groups excluding carboxylic acids is 1. The van der Waals surface area contributed by atoms with Gasteiger partial charge in [0.2, 0.25) is 0 Å². The lowest BCUT2D eigenvalue weighted by Gasteiger charge is -2.41. The first-order valence-electron chi connectivity index (χ1n) is 10.1. The van der Waals surface area contributed by atoms with Gasteiger partial charge in [0.25, 0.3) is 5.91 Å². The molecule has 0 saturated heterocycles. The van der Waals surface area contributed by atoms with Gasteiger partial charge in [-0.2, -0.15) is 0 Å². The molecule has 0 aromatic heterocycles. The van der Waals surface area contributed by atoms with Crippen LogP contribution in [0.25, 0.3) is 0 Å². The van der Waals surface area contributed by atoms with E-state index < -0.39 is 17.9 Å². The Balaban J connectivity index is 2.04. The van der Waals surface area contributed by atoms with Gasteiger partial charge in [-0.15, -0.1) is 0 Å². The predicted molar refractivity (Wildman–Crippen MR) is 118 cm³/mol. The van der Waals surface area contributed by atoms with E-state index in [1.54, 1.807) is 29.2 Å². The maximum absolute atomic E-state index is 13.7. The summed E-state index contributed by atoms with van der Waals surface area (Å²) in [6.07, 6.45) is 0. The van der Waals surface area contributed by atoms with E-state index in [1.807, 2.05) is 58.0 Å². The van der Waals surface area contributed by atoms with Gasteiger partial charge >= 0.3 is 5.97 Å². The molecule has 4 nitrogen and oxygen atoms in total. The van der Waals surface area contributed by atoms with Crippen LogP contribution in [0.15, 0.2) is 60.7 Å². The Kier molecular flexibility index (Phi) is 4.94. The first-order valence-corrected chi connectivity index (χ1v) is 10.1. The largest absolute Gasteiger partial charge is 0.481 e. The number of carbonyl (C=O) groups is 2. The standard InChI is InChI=1S/C26H25NO3/c1-15-9-16(2)12-19(11-15)24-23(26(29)30)21-7-5-6-8-22(21)25(28)27(24)20-13-17(3)10-18(4)14-20/h5-14,23-24H,1-4H3,(H,29,30). The third kappa shape index (κ3) is 3.39. The molecule has 1 N–H and O–H groups in total. The number of nitrogens with zero attached hydrogens (tertiary/aromatic N) is 1. The molecule has 1 amide bonds. The fourth-order valence-electron chi connectivity index (χ4n) is 4.70. The van der Waals surface area contributed by atoms with E-state index in [2.05, 4.69) is 6.07 Å². The molecule has 30 heavy (non-hydrogen) atoms. The summed E-state index contributed by atoms with van der Waals surface area (Å²) < 4.78 is 0. The lowest BCUT2D eigenvalue weighted by molar-refractivity contribution is -0.139. The van der Waals surface area contributed by atoms with Crippen LogP contribution in [0.3, 0.4) is 0 Å². The number of fused-ring (bicyclic) bond motifs is 1. The summed E-state index contributed by atoms with van der Waals surface area (Å²) in [5.74, 6) is -1.97. The summed E-state index contributed by atoms with van der Waals surface area (Å²) >= 11 is 0. The van der Waals surface area contributed by atoms with Crippen LogP contribution in [0.2, 0.25) is 0 Å². The number of carboxylic acids is 1. The van der Waals surface area contributed by atoms with Gasteiger partial charge in [-0.25, -0.2) is 0 Å². The topological polar surface area (TPSA) is 57.6 Å². The molecular formula is C26H25NO3. The smallest absolute Gasteiger partial charge is 0.313 e. The zero-order valence-corrected chi connectivity index (χ0v) is 17.6. The predicted octanol–water partition coefficient (Wildman–Crippen LogP) is 5.49. The zero-order valence-electron chi connectivity index (χ0n) is 17.6. The van der Waals surface area contributed by atoms with Gasteiger partial charge in [-0.3, -0.25) is 14.5 Å². The molecule has 0 saturated carbocycles. The van der Waals surface area contributed by atoms with Gasteiger partial charge in [0, 0.05) is 11.3 Å². The molecule has 1 aliphatic heterocycles. The van der Waals surface area contributed by atoms with Crippen molar-refractivity contribution in [2.45, 2.75) is 39.7 Å². The Morgan fingerprint density at radius 2 is 1.37 bits per heavy atom. The minimum Gasteiger partial charge on any atom is -0.481 e. The lowest BCUT2D eigenvalue weighted by Crippen LogP contribution is -2.45. The van der Waals surface area contributed by atoms with Crippen molar-refractivity contribution in [1.29, 1.82) is 0 Å². The number of carboxylic acid groups (broad SMARTS) is 1. The van der Waals surface area contributed by atoms with Crippen molar-refractivity contribution in [1.82, 2.24) is 0 Å². The van der Waals surface area contributed by atoms with Gasteiger partial charge < -0.3 is 5.11 Å². The zero-order chi connectivity index (χ0) is 21.6. The van der Waals surface area contributed by atoms with Gasteiger partial charge in [0.15, 0.2) is 0 Å². The van der Waals surface area contributed by atoms with Crippen LogP contribution in [-0.4, -0.2) is 17.0 Å². The number of benzene rings is 3. The Morgan fingerprint density at radius 1 is 0.833 bits per heavy atom. The molecule has 4 rings (SSSR count). The maximum Gasteiger partial charge on any atom is 0.313 e. The van der Waals surface area contributed by atoms with E-state index in [1.165, 1.54) is 0 Å². The summed E-state index contributed by atoms with van der Waals surface area (Å²) in [4.78, 5) is 27.9. The van der Waals surface area contributed by atoms with Crippen LogP contribution in [0.5, 0.6) is 0 Å². The van der Waals surface area contributed by atoms with Crippen LogP contribution >= 0.6 is 0 Å². The molecule has 0 aliphatic carbocycles. The van der Waals surface area contributed by atoms with Crippen molar-refractivity contribution >= 4 is 17.6 Å². The van der Waals surface area contributed by atoms with Crippen LogP contribution < -0.4 is 4.90 Å². The Bertz CT molecular complexity index is 1120. The molecule has 152 valence electrons. The van der Waals surface area contributed by atoms with E-state index >= 15 is 0 Å². The molecule has 3 aromatic carbocycles. The normalized spacial score (nSPS) is 18.3. The van der Waals surface area contributed by atoms with Gasteiger partial charge in [-0.1, -0.05) is 53.6 Å². The van der Waals surface area contributed by atoms with Crippen LogP contribution in [0.1, 0.15) is 55.7 Å². The Morgan fingerprint density at radius 3 is 1.93 bits per heavy atom. The molecule has 1 heterocycles. The van der Waals surface area contributed by atoms with E-state index in [4.69, 9.17) is 0 Å². The van der Waals surface area contributed by atoms with Crippen LogP contribution in [0, 0.1) is 27.7 Å². The molecule has 2 unspecified atom stereocenters. The average molecular weight is 399 g/mol. The molecule has 0 spiro atoms. The SMILES string of the molecule is Cc1cc(C)cc(C2C(C(=O)O)c3ccccc3C(=O)N2c2cc(C)cc(C)c2)c1. The van der Waals surface area contributed by atoms with Crippen LogP contribution in [-0.2, 0) is 4.79 Å². The fraction of sp³-hybridized carbons (Fsp3) is 0.231. The third-order valence-corrected chi connectivity index (χ3v) is 5.68.